The summed E-state index contributed by atoms with van der Waals surface area (Å²) in [6.07, 6.45) is 0.312. The first kappa shape index (κ1) is 22.4. The van der Waals surface area contributed by atoms with Crippen molar-refractivity contribution in [1.82, 2.24) is 14.8 Å². The maximum Gasteiger partial charge on any atom is 0.246 e. The van der Waals surface area contributed by atoms with E-state index in [1.54, 1.807) is 41.3 Å². The van der Waals surface area contributed by atoms with Crippen LogP contribution in [0, 0.1) is 11.0 Å². The van der Waals surface area contributed by atoms with Crippen LogP contribution in [0.1, 0.15) is 28.4 Å². The predicted molar refractivity (Wildman–Crippen MR) is 129 cm³/mol. The zero-order chi connectivity index (χ0) is 25.0. The number of hydrogen-bond acceptors (Lipinski definition) is 4. The standard InChI is InChI=1S/C27H23FN4O4/c28-21-10-3-1-6-17(21)14-30-15-24(33)31-23(27(30)34)13-20-19-9-2-4-11-22(19)29-25(20)26(31)16-7-5-8-18(12-16)32(35)36/h1-12,23,26,29,32,35H,13-15H2. The lowest BCUT2D eigenvalue weighted by Crippen LogP contribution is -2.99. The van der Waals surface area contributed by atoms with E-state index in [1.165, 1.54) is 17.0 Å². The van der Waals surface area contributed by atoms with Gasteiger partial charge in [0.2, 0.25) is 11.8 Å². The summed E-state index contributed by atoms with van der Waals surface area (Å²) in [5.74, 6) is -0.953. The third-order valence-corrected chi connectivity index (χ3v) is 7.11. The Kier molecular flexibility index (Phi) is 5.33. The lowest BCUT2D eigenvalue weighted by atomic mass is 9.86. The van der Waals surface area contributed by atoms with Crippen LogP contribution in [0.4, 0.5) is 10.1 Å². The van der Waals surface area contributed by atoms with Crippen molar-refractivity contribution in [3.8, 4) is 0 Å². The summed E-state index contributed by atoms with van der Waals surface area (Å²) in [7, 11) is 0. The molecule has 0 saturated carbocycles. The minimum Gasteiger partial charge on any atom is -0.595 e. The Morgan fingerprint density at radius 2 is 1.83 bits per heavy atom. The summed E-state index contributed by atoms with van der Waals surface area (Å²) in [5.41, 5.74) is 3.64. The molecule has 2 amide bonds. The highest BCUT2D eigenvalue weighted by Crippen LogP contribution is 2.43. The number of aromatic amines is 1. The molecule has 9 heteroatoms. The molecule has 2 aliphatic rings. The van der Waals surface area contributed by atoms with E-state index in [-0.39, 0.29) is 30.6 Å². The number of para-hydroxylation sites is 1. The van der Waals surface area contributed by atoms with Gasteiger partial charge in [-0.15, -0.1) is 0 Å². The van der Waals surface area contributed by atoms with Gasteiger partial charge < -0.3 is 20.0 Å². The molecule has 1 fully saturated rings. The molecule has 8 nitrogen and oxygen atoms in total. The highest BCUT2D eigenvalue weighted by Gasteiger charge is 2.48. The predicted octanol–water partition coefficient (Wildman–Crippen LogP) is 2.60. The number of benzene rings is 3. The third kappa shape index (κ3) is 3.56. The topological polar surface area (TPSA) is 104 Å². The number of aromatic nitrogens is 1. The average molecular weight is 487 g/mol. The summed E-state index contributed by atoms with van der Waals surface area (Å²) in [5, 5.41) is 21.1. The van der Waals surface area contributed by atoms with Gasteiger partial charge in [-0.05, 0) is 23.3 Å². The van der Waals surface area contributed by atoms with Crippen LogP contribution < -0.4 is 5.23 Å². The fraction of sp³-hybridized carbons (Fsp3) is 0.185. The molecular formula is C27H23FN4O4. The number of rotatable bonds is 4. The van der Waals surface area contributed by atoms with Gasteiger partial charge in [-0.25, -0.2) is 9.60 Å². The van der Waals surface area contributed by atoms with Crippen LogP contribution in [-0.4, -0.2) is 44.4 Å². The minimum atomic E-state index is -1.07. The van der Waals surface area contributed by atoms with Crippen molar-refractivity contribution in [3.63, 3.8) is 0 Å². The molecule has 4 aromatic rings. The van der Waals surface area contributed by atoms with Crippen LogP contribution in [-0.2, 0) is 22.6 Å². The monoisotopic (exact) mass is 486 g/mol. The number of carbonyl (C=O) groups is 2. The van der Waals surface area contributed by atoms with Crippen LogP contribution in [0.5, 0.6) is 0 Å². The number of H-pyrrole nitrogens is 1. The molecule has 0 aliphatic carbocycles. The van der Waals surface area contributed by atoms with Crippen molar-refractivity contribution < 1.29 is 24.4 Å². The van der Waals surface area contributed by atoms with Crippen LogP contribution in [0.3, 0.4) is 0 Å². The number of carbonyl (C=O) groups excluding carboxylic acids is 2. The Hall–Kier alpha value is -4.05. The van der Waals surface area contributed by atoms with Gasteiger partial charge in [-0.3, -0.25) is 9.59 Å². The fourth-order valence-corrected chi connectivity index (χ4v) is 5.48. The summed E-state index contributed by atoms with van der Waals surface area (Å²) >= 11 is 0. The van der Waals surface area contributed by atoms with Crippen molar-refractivity contribution in [2.75, 3.05) is 6.54 Å². The quantitative estimate of drug-likeness (QED) is 0.386. The molecule has 2 aliphatic heterocycles. The van der Waals surface area contributed by atoms with Gasteiger partial charge in [0.1, 0.15) is 18.4 Å². The summed E-state index contributed by atoms with van der Waals surface area (Å²) in [6, 6.07) is 19.0. The van der Waals surface area contributed by atoms with Crippen LogP contribution in [0.25, 0.3) is 10.9 Å². The van der Waals surface area contributed by atoms with E-state index in [0.717, 1.165) is 22.2 Å². The van der Waals surface area contributed by atoms with Crippen molar-refractivity contribution >= 4 is 28.4 Å². The maximum absolute atomic E-state index is 14.3. The van der Waals surface area contributed by atoms with E-state index in [9.17, 15) is 24.4 Å². The normalized spacial score (nSPS) is 20.4. The Bertz CT molecular complexity index is 1500. The number of nitrogens with zero attached hydrogens (tertiary/aromatic N) is 2. The van der Waals surface area contributed by atoms with Gasteiger partial charge in [0.05, 0.1) is 6.04 Å². The molecule has 36 heavy (non-hydrogen) atoms. The molecule has 1 saturated heterocycles. The van der Waals surface area contributed by atoms with Crippen LogP contribution in [0.2, 0.25) is 0 Å². The van der Waals surface area contributed by atoms with Crippen molar-refractivity contribution in [2.24, 2.45) is 0 Å². The molecule has 6 rings (SSSR count). The van der Waals surface area contributed by atoms with Gasteiger partial charge in [0, 0.05) is 47.3 Å². The zero-order valence-electron chi connectivity index (χ0n) is 19.1. The number of hydrogen-bond donors (Lipinski definition) is 3. The van der Waals surface area contributed by atoms with Crippen LogP contribution in [0.15, 0.2) is 72.8 Å². The van der Waals surface area contributed by atoms with E-state index in [4.69, 9.17) is 0 Å². The summed E-state index contributed by atoms with van der Waals surface area (Å²) < 4.78 is 14.3. The number of amides is 2. The van der Waals surface area contributed by atoms with Gasteiger partial charge >= 0.3 is 0 Å². The number of piperazine rings is 1. The number of halogens is 1. The highest BCUT2D eigenvalue weighted by molar-refractivity contribution is 5.97. The summed E-state index contributed by atoms with van der Waals surface area (Å²) in [6.45, 7) is -0.185. The van der Waals surface area contributed by atoms with E-state index < -0.39 is 23.1 Å². The Balaban J connectivity index is 1.47. The van der Waals surface area contributed by atoms with Gasteiger partial charge in [0.15, 0.2) is 5.69 Å². The lowest BCUT2D eigenvalue weighted by Gasteiger charge is -2.47. The minimum absolute atomic E-state index is 0.00148. The largest absolute Gasteiger partial charge is 0.595 e. The molecule has 0 radical (unpaired) electrons. The molecule has 1 aromatic heterocycles. The second kappa shape index (κ2) is 8.56. The average Bonchev–Trinajstić information content (AvgIpc) is 3.25. The van der Waals surface area contributed by atoms with E-state index in [0.29, 0.717) is 17.5 Å². The first-order valence-corrected chi connectivity index (χ1v) is 11.7. The van der Waals surface area contributed by atoms with Crippen LogP contribution >= 0.6 is 0 Å². The number of nitrogens with one attached hydrogen (secondary N) is 2. The van der Waals surface area contributed by atoms with Gasteiger partial charge in [0.25, 0.3) is 0 Å². The smallest absolute Gasteiger partial charge is 0.246 e. The Labute approximate surface area is 205 Å². The van der Waals surface area contributed by atoms with Gasteiger partial charge in [-0.1, -0.05) is 48.5 Å². The van der Waals surface area contributed by atoms with E-state index in [2.05, 4.69) is 4.98 Å². The molecule has 3 atom stereocenters. The second-order valence-corrected chi connectivity index (χ2v) is 9.20. The van der Waals surface area contributed by atoms with Crippen molar-refractivity contribution in [3.05, 3.63) is 106 Å². The summed E-state index contributed by atoms with van der Waals surface area (Å²) in [4.78, 5) is 33.7. The first-order valence-electron chi connectivity index (χ1n) is 11.7. The molecule has 182 valence electrons. The number of quaternary nitrogens is 1. The highest BCUT2D eigenvalue weighted by atomic mass is 19.1. The van der Waals surface area contributed by atoms with E-state index in [1.807, 2.05) is 24.3 Å². The zero-order valence-corrected chi connectivity index (χ0v) is 19.1. The third-order valence-electron chi connectivity index (χ3n) is 7.11. The molecule has 0 bridgehead atoms. The van der Waals surface area contributed by atoms with Crippen molar-refractivity contribution in [2.45, 2.75) is 25.0 Å². The molecule has 0 spiro atoms. The SMILES string of the molecule is O=C1C2Cc3c([nH]c4ccccc34)C(c3cccc([NH+]([O-])O)c3)N2C(=O)CN1Cc1ccccc1F. The van der Waals surface area contributed by atoms with Gasteiger partial charge in [-0.2, -0.15) is 5.23 Å². The Morgan fingerprint density at radius 3 is 2.64 bits per heavy atom. The molecule has 3 heterocycles. The molecule has 3 unspecified atom stereocenters. The maximum atomic E-state index is 14.3. The van der Waals surface area contributed by atoms with Crippen molar-refractivity contribution in [1.29, 1.82) is 0 Å². The molecule has 3 aromatic carbocycles. The first-order chi connectivity index (χ1) is 17.4. The fourth-order valence-electron chi connectivity index (χ4n) is 5.48. The molecular weight excluding hydrogens is 463 g/mol. The number of fused-ring (bicyclic) bond motifs is 4. The molecule has 3 N–H and O–H groups in total. The Morgan fingerprint density at radius 1 is 1.06 bits per heavy atom. The second-order valence-electron chi connectivity index (χ2n) is 9.20. The van der Waals surface area contributed by atoms with E-state index >= 15 is 0 Å². The lowest BCUT2D eigenvalue weighted by molar-refractivity contribution is -0.991.